The Labute approximate surface area is 172 Å². The van der Waals surface area contributed by atoms with E-state index < -0.39 is 0 Å². The molecule has 29 heavy (non-hydrogen) atoms. The predicted octanol–water partition coefficient (Wildman–Crippen LogP) is 3.40. The number of nitrogens with zero attached hydrogens (tertiary/aromatic N) is 2. The van der Waals surface area contributed by atoms with Crippen molar-refractivity contribution in [3.8, 4) is 17.6 Å². The van der Waals surface area contributed by atoms with Crippen molar-refractivity contribution >= 4 is 28.3 Å². The second kappa shape index (κ2) is 8.84. The number of ether oxygens (including phenoxy) is 3. The van der Waals surface area contributed by atoms with Gasteiger partial charge in [-0.15, -0.1) is 11.3 Å². The van der Waals surface area contributed by atoms with Gasteiger partial charge in [-0.25, -0.2) is 4.79 Å². The van der Waals surface area contributed by atoms with Crippen LogP contribution in [0.3, 0.4) is 0 Å². The molecule has 0 radical (unpaired) electrons. The number of anilines is 1. The van der Waals surface area contributed by atoms with Crippen LogP contribution in [0.5, 0.6) is 11.5 Å². The Morgan fingerprint density at radius 2 is 2.10 bits per heavy atom. The lowest BCUT2D eigenvalue weighted by molar-refractivity contribution is 0.102. The minimum atomic E-state index is -0.387. The number of rotatable bonds is 5. The van der Waals surface area contributed by atoms with Gasteiger partial charge in [0.2, 0.25) is 0 Å². The first-order chi connectivity index (χ1) is 14.0. The normalized spacial score (nSPS) is 12.6. The third-order valence-corrected chi connectivity index (χ3v) is 5.71. The van der Waals surface area contributed by atoms with Gasteiger partial charge in [0, 0.05) is 17.5 Å². The van der Waals surface area contributed by atoms with Gasteiger partial charge in [0.15, 0.2) is 0 Å². The van der Waals surface area contributed by atoms with Crippen LogP contribution >= 0.6 is 11.3 Å². The summed E-state index contributed by atoms with van der Waals surface area (Å²) in [5.74, 6) is 0.554. The summed E-state index contributed by atoms with van der Waals surface area (Å²) in [6.45, 7) is 2.89. The molecule has 0 unspecified atom stereocenters. The van der Waals surface area contributed by atoms with E-state index in [1.807, 2.05) is 0 Å². The van der Waals surface area contributed by atoms with E-state index >= 15 is 0 Å². The number of hydrogen-bond acceptors (Lipinski definition) is 7. The highest BCUT2D eigenvalue weighted by molar-refractivity contribution is 7.16. The van der Waals surface area contributed by atoms with Crippen LogP contribution in [-0.2, 0) is 17.7 Å². The zero-order chi connectivity index (χ0) is 21.0. The Bertz CT molecular complexity index is 979. The average Bonchev–Trinajstić information content (AvgIpc) is 3.09. The third kappa shape index (κ3) is 4.12. The molecule has 2 heterocycles. The van der Waals surface area contributed by atoms with Crippen LogP contribution in [0, 0.1) is 11.3 Å². The van der Waals surface area contributed by atoms with Gasteiger partial charge < -0.3 is 24.4 Å². The summed E-state index contributed by atoms with van der Waals surface area (Å²) in [6, 6.07) is 7.08. The van der Waals surface area contributed by atoms with Crippen LogP contribution < -0.4 is 14.8 Å². The molecule has 0 aliphatic carbocycles. The monoisotopic (exact) mass is 415 g/mol. The number of carbonyl (C=O) groups is 2. The van der Waals surface area contributed by atoms with Crippen LogP contribution in [0.2, 0.25) is 0 Å². The molecule has 1 aliphatic rings. The highest BCUT2D eigenvalue weighted by atomic mass is 32.1. The van der Waals surface area contributed by atoms with E-state index in [0.717, 1.165) is 10.4 Å². The molecule has 3 rings (SSSR count). The summed E-state index contributed by atoms with van der Waals surface area (Å²) in [6.07, 6.45) is 0.161. The number of fused-ring (bicyclic) bond motifs is 1. The molecule has 0 saturated heterocycles. The first kappa shape index (κ1) is 20.5. The minimum absolute atomic E-state index is 0.307. The fraction of sp³-hybridized carbons (Fsp3) is 0.350. The van der Waals surface area contributed by atoms with Crippen molar-refractivity contribution in [1.82, 2.24) is 4.90 Å². The molecule has 1 aromatic heterocycles. The second-order valence-corrected chi connectivity index (χ2v) is 7.32. The number of methoxy groups -OCH3 is 2. The summed E-state index contributed by atoms with van der Waals surface area (Å²) in [7, 11) is 3.00. The summed E-state index contributed by atoms with van der Waals surface area (Å²) in [5, 5.41) is 12.9. The number of carbonyl (C=O) groups excluding carboxylic acids is 2. The van der Waals surface area contributed by atoms with Gasteiger partial charge in [0.1, 0.15) is 22.6 Å². The fourth-order valence-corrected chi connectivity index (χ4v) is 4.35. The number of hydrogen-bond donors (Lipinski definition) is 1. The van der Waals surface area contributed by atoms with Gasteiger partial charge in [0.25, 0.3) is 5.91 Å². The van der Waals surface area contributed by atoms with E-state index in [9.17, 15) is 14.9 Å². The van der Waals surface area contributed by atoms with E-state index in [2.05, 4.69) is 11.4 Å². The summed E-state index contributed by atoms with van der Waals surface area (Å²) >= 11 is 1.30. The largest absolute Gasteiger partial charge is 0.497 e. The van der Waals surface area contributed by atoms with E-state index in [0.29, 0.717) is 53.7 Å². The molecular weight excluding hydrogens is 394 g/mol. The van der Waals surface area contributed by atoms with Crippen molar-refractivity contribution in [2.45, 2.75) is 19.9 Å². The highest BCUT2D eigenvalue weighted by Gasteiger charge is 2.28. The molecule has 2 aromatic rings. The van der Waals surface area contributed by atoms with Crippen molar-refractivity contribution in [1.29, 1.82) is 5.26 Å². The lowest BCUT2D eigenvalue weighted by Gasteiger charge is -2.25. The topological polar surface area (TPSA) is 101 Å². The van der Waals surface area contributed by atoms with Crippen molar-refractivity contribution in [2.24, 2.45) is 0 Å². The molecule has 0 saturated carbocycles. The zero-order valence-corrected chi connectivity index (χ0v) is 17.2. The van der Waals surface area contributed by atoms with Crippen molar-refractivity contribution in [2.75, 3.05) is 32.7 Å². The van der Waals surface area contributed by atoms with Crippen LogP contribution in [0.1, 0.15) is 33.3 Å². The van der Waals surface area contributed by atoms with Crippen molar-refractivity contribution in [3.63, 3.8) is 0 Å². The van der Waals surface area contributed by atoms with Gasteiger partial charge >= 0.3 is 6.09 Å². The SMILES string of the molecule is CCOC(=O)N1CCc2c(sc(NC(=O)c3ccc(OC)cc3OC)c2C#N)C1. The van der Waals surface area contributed by atoms with Crippen LogP contribution in [0.4, 0.5) is 9.80 Å². The molecule has 0 bridgehead atoms. The molecule has 1 aromatic carbocycles. The molecule has 152 valence electrons. The maximum absolute atomic E-state index is 12.8. The fourth-order valence-electron chi connectivity index (χ4n) is 3.14. The molecule has 0 spiro atoms. The molecule has 1 aliphatic heterocycles. The Kier molecular flexibility index (Phi) is 6.24. The van der Waals surface area contributed by atoms with E-state index in [1.54, 1.807) is 30.0 Å². The standard InChI is InChI=1S/C20H21N3O5S/c1-4-28-20(25)23-8-7-13-15(10-21)19(29-17(13)11-23)22-18(24)14-6-5-12(26-2)9-16(14)27-3/h5-6,9H,4,7-8,11H2,1-3H3,(H,22,24). The quantitative estimate of drug-likeness (QED) is 0.803. The van der Waals surface area contributed by atoms with Gasteiger partial charge in [-0.1, -0.05) is 0 Å². The van der Waals surface area contributed by atoms with Gasteiger partial charge in [-0.3, -0.25) is 4.79 Å². The van der Waals surface area contributed by atoms with E-state index in [-0.39, 0.29) is 12.0 Å². The Balaban J connectivity index is 1.85. The molecule has 0 fully saturated rings. The molecule has 0 atom stereocenters. The molecule has 1 N–H and O–H groups in total. The zero-order valence-electron chi connectivity index (χ0n) is 16.4. The lowest BCUT2D eigenvalue weighted by Crippen LogP contribution is -2.35. The molecule has 2 amide bonds. The number of amides is 2. The number of nitrogens with one attached hydrogen (secondary N) is 1. The Hall–Kier alpha value is -3.25. The summed E-state index contributed by atoms with van der Waals surface area (Å²) < 4.78 is 15.5. The lowest BCUT2D eigenvalue weighted by atomic mass is 10.0. The first-order valence-electron chi connectivity index (χ1n) is 9.02. The second-order valence-electron chi connectivity index (χ2n) is 6.21. The number of thiophene rings is 1. The van der Waals surface area contributed by atoms with E-state index in [1.165, 1.54) is 25.6 Å². The highest BCUT2D eigenvalue weighted by Crippen LogP contribution is 2.37. The van der Waals surface area contributed by atoms with Crippen molar-refractivity contribution in [3.05, 3.63) is 39.8 Å². The van der Waals surface area contributed by atoms with Gasteiger partial charge in [-0.05, 0) is 31.0 Å². The summed E-state index contributed by atoms with van der Waals surface area (Å²) in [4.78, 5) is 27.3. The van der Waals surface area contributed by atoms with Gasteiger partial charge in [0.05, 0.1) is 38.5 Å². The molecular formula is C20H21N3O5S. The summed E-state index contributed by atoms with van der Waals surface area (Å²) in [5.41, 5.74) is 1.64. The smallest absolute Gasteiger partial charge is 0.410 e. The predicted molar refractivity (Wildman–Crippen MR) is 108 cm³/mol. The number of nitriles is 1. The minimum Gasteiger partial charge on any atom is -0.497 e. The van der Waals surface area contributed by atoms with Gasteiger partial charge in [-0.2, -0.15) is 5.26 Å². The Morgan fingerprint density at radius 3 is 2.76 bits per heavy atom. The number of benzene rings is 1. The van der Waals surface area contributed by atoms with E-state index in [4.69, 9.17) is 14.2 Å². The third-order valence-electron chi connectivity index (χ3n) is 4.58. The Morgan fingerprint density at radius 1 is 1.31 bits per heavy atom. The maximum Gasteiger partial charge on any atom is 0.410 e. The van der Waals surface area contributed by atoms with Crippen LogP contribution in [0.25, 0.3) is 0 Å². The molecule has 8 nitrogen and oxygen atoms in total. The van der Waals surface area contributed by atoms with Crippen LogP contribution in [-0.4, -0.2) is 44.3 Å². The maximum atomic E-state index is 12.8. The first-order valence-corrected chi connectivity index (χ1v) is 9.83. The molecule has 9 heteroatoms. The van der Waals surface area contributed by atoms with Crippen LogP contribution in [0.15, 0.2) is 18.2 Å². The average molecular weight is 415 g/mol. The van der Waals surface area contributed by atoms with Crippen molar-refractivity contribution < 1.29 is 23.8 Å².